The van der Waals surface area contributed by atoms with E-state index in [-0.39, 0.29) is 0 Å². The summed E-state index contributed by atoms with van der Waals surface area (Å²) in [5.41, 5.74) is 2.41. The molecule has 1 aromatic heterocycles. The Hall–Kier alpha value is -2.36. The first-order chi connectivity index (χ1) is 9.93. The van der Waals surface area contributed by atoms with Gasteiger partial charge in [-0.3, -0.25) is 4.98 Å². The normalized spacial score (nSPS) is 11.8. The summed E-state index contributed by atoms with van der Waals surface area (Å²) in [6, 6.07) is 14.7. The predicted octanol–water partition coefficient (Wildman–Crippen LogP) is 5.23. The van der Waals surface area contributed by atoms with Gasteiger partial charge >= 0.3 is 6.18 Å². The summed E-state index contributed by atoms with van der Waals surface area (Å²) in [4.78, 5) is 4.39. The molecule has 0 radical (unpaired) electrons. The maximum absolute atomic E-state index is 12.8. The molecule has 0 fully saturated rings. The minimum absolute atomic E-state index is 0.548. The highest BCUT2D eigenvalue weighted by molar-refractivity contribution is 5.84. The molecule has 3 rings (SSSR count). The lowest BCUT2D eigenvalue weighted by Crippen LogP contribution is -2.04. The van der Waals surface area contributed by atoms with E-state index in [9.17, 15) is 13.2 Å². The highest BCUT2D eigenvalue weighted by Crippen LogP contribution is 2.32. The number of aromatic nitrogens is 1. The second-order valence-corrected chi connectivity index (χ2v) is 4.94. The van der Waals surface area contributed by atoms with Gasteiger partial charge in [0.05, 0.1) is 11.1 Å². The lowest BCUT2D eigenvalue weighted by molar-refractivity contribution is -0.137. The molecule has 3 aromatic rings. The van der Waals surface area contributed by atoms with Gasteiger partial charge in [-0.05, 0) is 48.4 Å². The molecule has 0 aliphatic carbocycles. The third-order valence-corrected chi connectivity index (χ3v) is 3.35. The zero-order valence-electron chi connectivity index (χ0n) is 11.3. The van der Waals surface area contributed by atoms with Crippen LogP contribution in [0.4, 0.5) is 13.2 Å². The zero-order valence-corrected chi connectivity index (χ0v) is 11.3. The largest absolute Gasteiger partial charge is 0.416 e. The van der Waals surface area contributed by atoms with Crippen molar-refractivity contribution in [3.8, 4) is 11.1 Å². The summed E-state index contributed by atoms with van der Waals surface area (Å²) < 4.78 is 38.3. The lowest BCUT2D eigenvalue weighted by Gasteiger charge is -2.09. The van der Waals surface area contributed by atoms with Gasteiger partial charge < -0.3 is 0 Å². The zero-order chi connectivity index (χ0) is 15.0. The molecule has 0 atom stereocenters. The van der Waals surface area contributed by atoms with Crippen LogP contribution in [0.2, 0.25) is 0 Å². The summed E-state index contributed by atoms with van der Waals surface area (Å²) in [7, 11) is 0. The highest BCUT2D eigenvalue weighted by atomic mass is 19.4. The Labute approximate surface area is 120 Å². The van der Waals surface area contributed by atoms with Crippen LogP contribution in [0.5, 0.6) is 0 Å². The molecule has 21 heavy (non-hydrogen) atoms. The van der Waals surface area contributed by atoms with Gasteiger partial charge in [0.1, 0.15) is 0 Å². The second-order valence-electron chi connectivity index (χ2n) is 4.94. The van der Waals surface area contributed by atoms with Gasteiger partial charge in [0.15, 0.2) is 0 Å². The number of nitrogens with zero attached hydrogens (tertiary/aromatic N) is 1. The van der Waals surface area contributed by atoms with Crippen LogP contribution in [-0.2, 0) is 6.18 Å². The summed E-state index contributed by atoms with van der Waals surface area (Å²) in [5, 5.41) is 0.913. The number of hydrogen-bond acceptors (Lipinski definition) is 1. The average molecular weight is 287 g/mol. The number of benzene rings is 2. The average Bonchev–Trinajstić information content (AvgIpc) is 2.46. The Morgan fingerprint density at radius 2 is 1.62 bits per heavy atom. The van der Waals surface area contributed by atoms with Crippen molar-refractivity contribution < 1.29 is 13.2 Å². The monoisotopic (exact) mass is 287 g/mol. The Balaban J connectivity index is 2.10. The molecule has 0 bridgehead atoms. The minimum Gasteiger partial charge on any atom is -0.253 e. The maximum Gasteiger partial charge on any atom is 0.416 e. The number of hydrogen-bond donors (Lipinski definition) is 0. The fourth-order valence-corrected chi connectivity index (χ4v) is 2.28. The smallest absolute Gasteiger partial charge is 0.253 e. The molecule has 2 aromatic carbocycles. The SMILES string of the molecule is Cc1ccc2cc(-c3cccc(C(F)(F)F)c3)ccc2n1. The molecule has 1 heterocycles. The van der Waals surface area contributed by atoms with E-state index in [0.717, 1.165) is 28.2 Å². The summed E-state index contributed by atoms with van der Waals surface area (Å²) in [6.07, 6.45) is -4.33. The van der Waals surface area contributed by atoms with Crippen LogP contribution in [0, 0.1) is 6.92 Å². The summed E-state index contributed by atoms with van der Waals surface area (Å²) >= 11 is 0. The fourth-order valence-electron chi connectivity index (χ4n) is 2.28. The number of alkyl halides is 3. The lowest BCUT2D eigenvalue weighted by atomic mass is 10.0. The van der Waals surface area contributed by atoms with Crippen LogP contribution in [0.3, 0.4) is 0 Å². The van der Waals surface area contributed by atoms with Crippen LogP contribution in [0.15, 0.2) is 54.6 Å². The first-order valence-electron chi connectivity index (χ1n) is 6.48. The third kappa shape index (κ3) is 2.75. The molecular formula is C17H12F3N. The molecule has 0 N–H and O–H groups in total. The Kier molecular flexibility index (Phi) is 3.16. The maximum atomic E-state index is 12.8. The van der Waals surface area contributed by atoms with Crippen molar-refractivity contribution in [1.29, 1.82) is 0 Å². The van der Waals surface area contributed by atoms with Crippen LogP contribution < -0.4 is 0 Å². The Morgan fingerprint density at radius 3 is 2.38 bits per heavy atom. The van der Waals surface area contributed by atoms with Crippen LogP contribution in [0.25, 0.3) is 22.0 Å². The number of pyridine rings is 1. The van der Waals surface area contributed by atoms with Gasteiger partial charge in [0.25, 0.3) is 0 Å². The van der Waals surface area contributed by atoms with Crippen molar-refractivity contribution >= 4 is 10.9 Å². The molecule has 0 saturated heterocycles. The van der Waals surface area contributed by atoms with Gasteiger partial charge in [-0.15, -0.1) is 0 Å². The van der Waals surface area contributed by atoms with E-state index in [4.69, 9.17) is 0 Å². The van der Waals surface area contributed by atoms with E-state index in [0.29, 0.717) is 5.56 Å². The van der Waals surface area contributed by atoms with Crippen LogP contribution >= 0.6 is 0 Å². The molecule has 0 aliphatic rings. The third-order valence-electron chi connectivity index (χ3n) is 3.35. The molecule has 0 spiro atoms. The van der Waals surface area contributed by atoms with E-state index in [1.54, 1.807) is 12.1 Å². The van der Waals surface area contributed by atoms with Gasteiger partial charge in [-0.2, -0.15) is 13.2 Å². The summed E-state index contributed by atoms with van der Waals surface area (Å²) in [5.74, 6) is 0. The van der Waals surface area contributed by atoms with Crippen molar-refractivity contribution in [2.45, 2.75) is 13.1 Å². The van der Waals surface area contributed by atoms with Crippen LogP contribution in [-0.4, -0.2) is 4.98 Å². The van der Waals surface area contributed by atoms with Crippen molar-refractivity contribution in [2.75, 3.05) is 0 Å². The topological polar surface area (TPSA) is 12.9 Å². The predicted molar refractivity (Wildman–Crippen MR) is 76.9 cm³/mol. The quantitative estimate of drug-likeness (QED) is 0.597. The number of halogens is 3. The Bertz CT molecular complexity index is 806. The molecule has 0 unspecified atom stereocenters. The molecular weight excluding hydrogens is 275 g/mol. The van der Waals surface area contributed by atoms with Gasteiger partial charge in [-0.1, -0.05) is 24.3 Å². The van der Waals surface area contributed by atoms with Crippen LogP contribution in [0.1, 0.15) is 11.3 Å². The van der Waals surface area contributed by atoms with E-state index in [1.165, 1.54) is 12.1 Å². The highest BCUT2D eigenvalue weighted by Gasteiger charge is 2.30. The summed E-state index contributed by atoms with van der Waals surface area (Å²) in [6.45, 7) is 1.90. The molecule has 1 nitrogen and oxygen atoms in total. The van der Waals surface area contributed by atoms with Crippen molar-refractivity contribution in [3.63, 3.8) is 0 Å². The molecule has 0 amide bonds. The standard InChI is InChI=1S/C17H12F3N/c1-11-5-6-14-9-13(7-8-16(14)21-11)12-3-2-4-15(10-12)17(18,19)20/h2-10H,1H3. The second kappa shape index (κ2) is 4.88. The van der Waals surface area contributed by atoms with Crippen molar-refractivity contribution in [3.05, 3.63) is 65.9 Å². The van der Waals surface area contributed by atoms with Gasteiger partial charge in [-0.25, -0.2) is 0 Å². The number of fused-ring (bicyclic) bond motifs is 1. The van der Waals surface area contributed by atoms with Crippen molar-refractivity contribution in [1.82, 2.24) is 4.98 Å². The number of rotatable bonds is 1. The van der Waals surface area contributed by atoms with E-state index >= 15 is 0 Å². The van der Waals surface area contributed by atoms with E-state index in [1.807, 2.05) is 31.2 Å². The van der Waals surface area contributed by atoms with Gasteiger partial charge in [0, 0.05) is 11.1 Å². The van der Waals surface area contributed by atoms with E-state index in [2.05, 4.69) is 4.98 Å². The number of aryl methyl sites for hydroxylation is 1. The Morgan fingerprint density at radius 1 is 0.857 bits per heavy atom. The molecule has 106 valence electrons. The van der Waals surface area contributed by atoms with Gasteiger partial charge in [0.2, 0.25) is 0 Å². The molecule has 4 heteroatoms. The minimum atomic E-state index is -4.33. The fraction of sp³-hybridized carbons (Fsp3) is 0.118. The molecule has 0 saturated carbocycles. The van der Waals surface area contributed by atoms with E-state index < -0.39 is 11.7 Å². The molecule has 0 aliphatic heterocycles. The first kappa shape index (κ1) is 13.6. The first-order valence-corrected chi connectivity index (χ1v) is 6.48. The van der Waals surface area contributed by atoms with Crippen molar-refractivity contribution in [2.24, 2.45) is 0 Å².